The molecule has 2 aromatic rings. The van der Waals surface area contributed by atoms with E-state index in [4.69, 9.17) is 4.74 Å². The highest BCUT2D eigenvalue weighted by atomic mass is 35.5. The summed E-state index contributed by atoms with van der Waals surface area (Å²) in [6, 6.07) is 8.13. The highest BCUT2D eigenvalue weighted by molar-refractivity contribution is 7.20. The fraction of sp³-hybridized carbons (Fsp3) is 0.364. The molecule has 3 rings (SSSR count). The second-order valence-corrected chi connectivity index (χ2v) is 4.67. The molecule has 2 heterocycles. The quantitative estimate of drug-likeness (QED) is 0.896. The zero-order valence-corrected chi connectivity index (χ0v) is 10.3. The van der Waals surface area contributed by atoms with Gasteiger partial charge in [-0.2, -0.15) is 0 Å². The van der Waals surface area contributed by atoms with Crippen LogP contribution in [0.4, 0.5) is 0 Å². The van der Waals surface area contributed by atoms with Gasteiger partial charge >= 0.3 is 0 Å². The molecule has 0 spiro atoms. The topological polar surface area (TPSA) is 34.1 Å². The van der Waals surface area contributed by atoms with Crippen molar-refractivity contribution in [3.05, 3.63) is 24.3 Å². The van der Waals surface area contributed by atoms with Crippen LogP contribution in [0.15, 0.2) is 24.3 Å². The van der Waals surface area contributed by atoms with Gasteiger partial charge in [0.1, 0.15) is 6.10 Å². The molecule has 16 heavy (non-hydrogen) atoms. The van der Waals surface area contributed by atoms with Gasteiger partial charge in [0, 0.05) is 6.54 Å². The van der Waals surface area contributed by atoms with Crippen molar-refractivity contribution in [2.24, 2.45) is 0 Å². The first-order valence-corrected chi connectivity index (χ1v) is 5.96. The molecular weight excluding hydrogens is 244 g/mol. The van der Waals surface area contributed by atoms with Crippen LogP contribution in [0.5, 0.6) is 5.19 Å². The van der Waals surface area contributed by atoms with Crippen molar-refractivity contribution in [1.29, 1.82) is 0 Å². The molecule has 1 aliphatic heterocycles. The van der Waals surface area contributed by atoms with Gasteiger partial charge in [-0.05, 0) is 25.1 Å². The van der Waals surface area contributed by atoms with Gasteiger partial charge in [0.2, 0.25) is 0 Å². The van der Waals surface area contributed by atoms with Crippen LogP contribution in [-0.4, -0.2) is 24.2 Å². The fourth-order valence-corrected chi connectivity index (χ4v) is 2.65. The summed E-state index contributed by atoms with van der Waals surface area (Å²) in [5, 5.41) is 4.07. The molecule has 0 radical (unpaired) electrons. The van der Waals surface area contributed by atoms with Gasteiger partial charge in [0.15, 0.2) is 0 Å². The molecule has 0 unspecified atom stereocenters. The monoisotopic (exact) mass is 256 g/mol. The molecule has 1 N–H and O–H groups in total. The predicted octanol–water partition coefficient (Wildman–Crippen LogP) is 2.46. The number of fused-ring (bicyclic) bond motifs is 1. The Labute approximate surface area is 104 Å². The van der Waals surface area contributed by atoms with Gasteiger partial charge in [-0.1, -0.05) is 23.5 Å². The molecular formula is C11H13ClN2OS. The van der Waals surface area contributed by atoms with Crippen molar-refractivity contribution in [3.8, 4) is 5.19 Å². The van der Waals surface area contributed by atoms with E-state index in [1.807, 2.05) is 18.2 Å². The largest absolute Gasteiger partial charge is 0.465 e. The van der Waals surface area contributed by atoms with Crippen molar-refractivity contribution in [2.45, 2.75) is 12.5 Å². The molecule has 1 atom stereocenters. The van der Waals surface area contributed by atoms with Crippen LogP contribution in [0, 0.1) is 0 Å². The number of hydrogen-bond donors (Lipinski definition) is 1. The average molecular weight is 257 g/mol. The molecule has 1 saturated heterocycles. The Bertz CT molecular complexity index is 435. The van der Waals surface area contributed by atoms with Crippen LogP contribution in [0.1, 0.15) is 6.42 Å². The van der Waals surface area contributed by atoms with Crippen LogP contribution >= 0.6 is 23.7 Å². The molecule has 3 nitrogen and oxygen atoms in total. The van der Waals surface area contributed by atoms with E-state index in [9.17, 15) is 0 Å². The minimum absolute atomic E-state index is 0. The van der Waals surface area contributed by atoms with E-state index < -0.39 is 0 Å². The molecule has 0 aliphatic carbocycles. The van der Waals surface area contributed by atoms with Crippen molar-refractivity contribution in [3.63, 3.8) is 0 Å². The lowest BCUT2D eigenvalue weighted by Crippen LogP contribution is -2.19. The third-order valence-electron chi connectivity index (χ3n) is 2.56. The van der Waals surface area contributed by atoms with Crippen LogP contribution in [0.25, 0.3) is 10.2 Å². The van der Waals surface area contributed by atoms with Crippen LogP contribution in [0.2, 0.25) is 0 Å². The Kier molecular flexibility index (Phi) is 3.63. The van der Waals surface area contributed by atoms with Gasteiger partial charge in [-0.25, -0.2) is 4.98 Å². The minimum atomic E-state index is 0. The minimum Gasteiger partial charge on any atom is -0.465 e. The summed E-state index contributed by atoms with van der Waals surface area (Å²) in [6.07, 6.45) is 1.38. The first-order chi connectivity index (χ1) is 7.42. The number of nitrogens with zero attached hydrogens (tertiary/aromatic N) is 1. The van der Waals surface area contributed by atoms with Gasteiger partial charge in [0.05, 0.1) is 10.2 Å². The van der Waals surface area contributed by atoms with Crippen molar-refractivity contribution >= 4 is 34.0 Å². The summed E-state index contributed by atoms with van der Waals surface area (Å²) in [5.41, 5.74) is 1.03. The Hall–Kier alpha value is -0.840. The molecule has 0 saturated carbocycles. The first kappa shape index (κ1) is 11.6. The number of hydrogen-bond acceptors (Lipinski definition) is 4. The number of aromatic nitrogens is 1. The number of para-hydroxylation sites is 1. The molecule has 1 aromatic heterocycles. The Morgan fingerprint density at radius 1 is 1.38 bits per heavy atom. The Balaban J connectivity index is 0.000000963. The van der Waals surface area contributed by atoms with Crippen LogP contribution in [-0.2, 0) is 0 Å². The second kappa shape index (κ2) is 4.99. The van der Waals surface area contributed by atoms with Gasteiger partial charge in [-0.15, -0.1) is 12.4 Å². The van der Waals surface area contributed by atoms with E-state index >= 15 is 0 Å². The maximum absolute atomic E-state index is 5.81. The number of halogens is 1. The standard InChI is InChI=1S/C11H12N2OS.ClH/c1-2-4-10-9(3-1)13-11(15-10)14-8-5-6-12-7-8;/h1-4,8,12H,5-7H2;1H/t8-;/m1./s1. The van der Waals surface area contributed by atoms with Crippen LogP contribution in [0.3, 0.4) is 0 Å². The van der Waals surface area contributed by atoms with E-state index in [1.54, 1.807) is 11.3 Å². The van der Waals surface area contributed by atoms with E-state index in [0.29, 0.717) is 6.10 Å². The fourth-order valence-electron chi connectivity index (χ4n) is 1.77. The lowest BCUT2D eigenvalue weighted by Gasteiger charge is -2.07. The van der Waals surface area contributed by atoms with E-state index in [2.05, 4.69) is 16.4 Å². The molecule has 0 bridgehead atoms. The summed E-state index contributed by atoms with van der Waals surface area (Å²) < 4.78 is 7.00. The predicted molar refractivity (Wildman–Crippen MR) is 68.8 cm³/mol. The summed E-state index contributed by atoms with van der Waals surface area (Å²) in [4.78, 5) is 4.44. The number of nitrogens with one attached hydrogen (secondary N) is 1. The zero-order valence-electron chi connectivity index (χ0n) is 8.68. The molecule has 5 heteroatoms. The number of thiazole rings is 1. The van der Waals surface area contributed by atoms with E-state index in [1.165, 1.54) is 4.70 Å². The highest BCUT2D eigenvalue weighted by Gasteiger charge is 2.17. The van der Waals surface area contributed by atoms with Gasteiger partial charge in [0.25, 0.3) is 5.19 Å². The third-order valence-corrected chi connectivity index (χ3v) is 3.48. The number of benzene rings is 1. The zero-order chi connectivity index (χ0) is 10.1. The van der Waals surface area contributed by atoms with Crippen molar-refractivity contribution in [2.75, 3.05) is 13.1 Å². The smallest absolute Gasteiger partial charge is 0.274 e. The molecule has 1 aliphatic rings. The number of ether oxygens (including phenoxy) is 1. The highest BCUT2D eigenvalue weighted by Crippen LogP contribution is 2.28. The summed E-state index contributed by atoms with van der Waals surface area (Å²) in [6.45, 7) is 1.99. The maximum atomic E-state index is 5.81. The van der Waals surface area contributed by atoms with Crippen molar-refractivity contribution in [1.82, 2.24) is 10.3 Å². The lowest BCUT2D eigenvalue weighted by molar-refractivity contribution is 0.222. The Morgan fingerprint density at radius 3 is 3.00 bits per heavy atom. The molecule has 1 aromatic carbocycles. The van der Waals surface area contributed by atoms with Crippen molar-refractivity contribution < 1.29 is 4.74 Å². The normalized spacial score (nSPS) is 19.6. The van der Waals surface area contributed by atoms with Gasteiger partial charge in [-0.3, -0.25) is 0 Å². The SMILES string of the molecule is Cl.c1ccc2sc(O[C@@H]3CCNC3)nc2c1. The van der Waals surface area contributed by atoms with E-state index in [-0.39, 0.29) is 12.4 Å². The lowest BCUT2D eigenvalue weighted by atomic mass is 10.3. The summed E-state index contributed by atoms with van der Waals surface area (Å²) in [7, 11) is 0. The molecule has 0 amide bonds. The second-order valence-electron chi connectivity index (χ2n) is 3.68. The average Bonchev–Trinajstić information content (AvgIpc) is 2.86. The molecule has 86 valence electrons. The summed E-state index contributed by atoms with van der Waals surface area (Å²) >= 11 is 1.62. The maximum Gasteiger partial charge on any atom is 0.274 e. The third kappa shape index (κ3) is 2.29. The number of rotatable bonds is 2. The van der Waals surface area contributed by atoms with Crippen LogP contribution < -0.4 is 10.1 Å². The molecule has 1 fully saturated rings. The first-order valence-electron chi connectivity index (χ1n) is 5.15. The Morgan fingerprint density at radius 2 is 2.25 bits per heavy atom. The van der Waals surface area contributed by atoms with E-state index in [0.717, 1.165) is 30.2 Å². The van der Waals surface area contributed by atoms with Gasteiger partial charge < -0.3 is 10.1 Å². The summed E-state index contributed by atoms with van der Waals surface area (Å²) in [5.74, 6) is 0.